The second-order valence-corrected chi connectivity index (χ2v) is 5.70. The average Bonchev–Trinajstić information content (AvgIpc) is 2.60. The number of alkyl halides is 6. The summed E-state index contributed by atoms with van der Waals surface area (Å²) in [5, 5.41) is 0. The zero-order valence-electron chi connectivity index (χ0n) is 13.2. The predicted octanol–water partition coefficient (Wildman–Crippen LogP) is 7.06. The Balaban J connectivity index is 2.10. The first-order valence-corrected chi connectivity index (χ1v) is 7.60. The Labute approximate surface area is 145 Å². The van der Waals surface area contributed by atoms with Crippen LogP contribution in [-0.2, 0) is 12.4 Å². The average molecular weight is 366 g/mol. The zero-order chi connectivity index (χ0) is 18.9. The van der Waals surface area contributed by atoms with Crippen molar-refractivity contribution in [2.45, 2.75) is 12.4 Å². The van der Waals surface area contributed by atoms with E-state index >= 15 is 0 Å². The van der Waals surface area contributed by atoms with E-state index in [9.17, 15) is 26.3 Å². The van der Waals surface area contributed by atoms with E-state index in [1.165, 1.54) is 12.1 Å². The summed E-state index contributed by atoms with van der Waals surface area (Å²) in [7, 11) is 0. The lowest BCUT2D eigenvalue weighted by Gasteiger charge is -2.16. The van der Waals surface area contributed by atoms with E-state index in [0.29, 0.717) is 18.2 Å². The van der Waals surface area contributed by atoms with Crippen molar-refractivity contribution in [1.82, 2.24) is 0 Å². The third-order valence-corrected chi connectivity index (χ3v) is 3.96. The van der Waals surface area contributed by atoms with Crippen LogP contribution in [-0.4, -0.2) is 0 Å². The van der Waals surface area contributed by atoms with Gasteiger partial charge < -0.3 is 0 Å². The third kappa shape index (κ3) is 3.74. The molecule has 0 bridgehead atoms. The number of benzene rings is 3. The van der Waals surface area contributed by atoms with Crippen molar-refractivity contribution in [3.8, 4) is 22.3 Å². The maximum atomic E-state index is 13.2. The number of hydrogen-bond acceptors (Lipinski definition) is 0. The molecule has 6 heteroatoms. The van der Waals surface area contributed by atoms with E-state index in [1.54, 1.807) is 12.1 Å². The normalized spacial score (nSPS) is 12.2. The zero-order valence-corrected chi connectivity index (χ0v) is 13.2. The van der Waals surface area contributed by atoms with E-state index < -0.39 is 29.0 Å². The molecule has 26 heavy (non-hydrogen) atoms. The van der Waals surface area contributed by atoms with Gasteiger partial charge in [0.15, 0.2) is 0 Å². The van der Waals surface area contributed by atoms with Crippen LogP contribution in [0.2, 0.25) is 0 Å². The summed E-state index contributed by atoms with van der Waals surface area (Å²) in [5.41, 5.74) is -1.02. The van der Waals surface area contributed by atoms with Gasteiger partial charge in [-0.25, -0.2) is 0 Å². The lowest BCUT2D eigenvalue weighted by atomic mass is 9.95. The molecule has 0 heterocycles. The second kappa shape index (κ2) is 6.52. The number of halogens is 6. The third-order valence-electron chi connectivity index (χ3n) is 3.96. The number of hydrogen-bond donors (Lipinski definition) is 0. The molecule has 0 N–H and O–H groups in total. The van der Waals surface area contributed by atoms with Crippen molar-refractivity contribution in [3.63, 3.8) is 0 Å². The summed E-state index contributed by atoms with van der Waals surface area (Å²) in [6.45, 7) is 0. The van der Waals surface area contributed by atoms with E-state index in [4.69, 9.17) is 0 Å². The highest BCUT2D eigenvalue weighted by atomic mass is 19.4. The van der Waals surface area contributed by atoms with Crippen LogP contribution in [0.25, 0.3) is 22.3 Å². The van der Waals surface area contributed by atoms with Crippen molar-refractivity contribution in [2.24, 2.45) is 0 Å². The van der Waals surface area contributed by atoms with Crippen LogP contribution in [0, 0.1) is 0 Å². The van der Waals surface area contributed by atoms with E-state index in [0.717, 1.165) is 11.1 Å². The quantitative estimate of drug-likeness (QED) is 0.426. The molecule has 3 aromatic rings. The van der Waals surface area contributed by atoms with Crippen LogP contribution < -0.4 is 0 Å². The molecule has 0 amide bonds. The van der Waals surface area contributed by atoms with Crippen LogP contribution in [0.4, 0.5) is 26.3 Å². The van der Waals surface area contributed by atoms with E-state index in [-0.39, 0.29) is 5.56 Å². The highest BCUT2D eigenvalue weighted by molar-refractivity contribution is 5.73. The molecule has 0 atom stereocenters. The standard InChI is InChI=1S/C20H12F6/c21-19(22,23)16-10-11-18(20(24,25)26)17(12-16)15-8-6-14(7-9-15)13-4-2-1-3-5-13/h1-12H. The first-order chi connectivity index (χ1) is 12.2. The maximum Gasteiger partial charge on any atom is 0.417 e. The fourth-order valence-electron chi connectivity index (χ4n) is 2.68. The summed E-state index contributed by atoms with van der Waals surface area (Å²) < 4.78 is 78.4. The Morgan fingerprint density at radius 1 is 0.500 bits per heavy atom. The van der Waals surface area contributed by atoms with Gasteiger partial charge in [-0.15, -0.1) is 0 Å². The van der Waals surface area contributed by atoms with Crippen molar-refractivity contribution < 1.29 is 26.3 Å². The van der Waals surface area contributed by atoms with E-state index in [1.807, 2.05) is 30.3 Å². The lowest BCUT2D eigenvalue weighted by Crippen LogP contribution is -2.11. The molecule has 0 spiro atoms. The van der Waals surface area contributed by atoms with Gasteiger partial charge in [0.05, 0.1) is 11.1 Å². The molecule has 3 aromatic carbocycles. The summed E-state index contributed by atoms with van der Waals surface area (Å²) in [6, 6.07) is 16.6. The molecule has 0 aliphatic rings. The van der Waals surface area contributed by atoms with Gasteiger partial charge in [0, 0.05) is 0 Å². The number of rotatable bonds is 2. The molecule has 0 aromatic heterocycles. The molecule has 0 aliphatic carbocycles. The summed E-state index contributed by atoms with van der Waals surface area (Å²) in [5.74, 6) is 0. The summed E-state index contributed by atoms with van der Waals surface area (Å²) in [6.07, 6.45) is -9.47. The van der Waals surface area contributed by atoms with E-state index in [2.05, 4.69) is 0 Å². The first kappa shape index (κ1) is 18.0. The molecular weight excluding hydrogens is 354 g/mol. The fraction of sp³-hybridized carbons (Fsp3) is 0.100. The second-order valence-electron chi connectivity index (χ2n) is 5.70. The van der Waals surface area contributed by atoms with Crippen LogP contribution in [0.3, 0.4) is 0 Å². The maximum absolute atomic E-state index is 13.2. The predicted molar refractivity (Wildman–Crippen MR) is 87.3 cm³/mol. The van der Waals surface area contributed by atoms with Crippen LogP contribution >= 0.6 is 0 Å². The minimum absolute atomic E-state index is 0.0723. The Hall–Kier alpha value is -2.76. The van der Waals surface area contributed by atoms with Crippen LogP contribution in [0.1, 0.15) is 11.1 Å². The molecule has 0 saturated carbocycles. The van der Waals surface area contributed by atoms with Crippen molar-refractivity contribution >= 4 is 0 Å². The van der Waals surface area contributed by atoms with Gasteiger partial charge in [-0.05, 0) is 40.5 Å². The topological polar surface area (TPSA) is 0 Å². The van der Waals surface area contributed by atoms with Gasteiger partial charge in [0.1, 0.15) is 0 Å². The highest BCUT2D eigenvalue weighted by Gasteiger charge is 2.37. The molecule has 0 nitrogen and oxygen atoms in total. The van der Waals surface area contributed by atoms with Gasteiger partial charge in [-0.2, -0.15) is 26.3 Å². The smallest absolute Gasteiger partial charge is 0.166 e. The monoisotopic (exact) mass is 366 g/mol. The molecule has 3 rings (SSSR count). The SMILES string of the molecule is FC(F)(F)c1ccc(C(F)(F)F)c(-c2ccc(-c3ccccc3)cc2)c1. The largest absolute Gasteiger partial charge is 0.417 e. The minimum Gasteiger partial charge on any atom is -0.166 e. The molecule has 0 aliphatic heterocycles. The van der Waals surface area contributed by atoms with Crippen molar-refractivity contribution in [3.05, 3.63) is 83.9 Å². The fourth-order valence-corrected chi connectivity index (χ4v) is 2.68. The molecule has 0 radical (unpaired) electrons. The van der Waals surface area contributed by atoms with Gasteiger partial charge in [0.25, 0.3) is 0 Å². The van der Waals surface area contributed by atoms with Gasteiger partial charge in [-0.3, -0.25) is 0 Å². The lowest BCUT2D eigenvalue weighted by molar-refractivity contribution is -0.141. The van der Waals surface area contributed by atoms with Crippen LogP contribution in [0.5, 0.6) is 0 Å². The first-order valence-electron chi connectivity index (χ1n) is 7.60. The Morgan fingerprint density at radius 2 is 1.04 bits per heavy atom. The van der Waals surface area contributed by atoms with Gasteiger partial charge >= 0.3 is 12.4 Å². The molecule has 0 unspecified atom stereocenters. The molecule has 134 valence electrons. The van der Waals surface area contributed by atoms with Crippen LogP contribution in [0.15, 0.2) is 72.8 Å². The molecular formula is C20H12F6. The van der Waals surface area contributed by atoms with Gasteiger partial charge in [0.2, 0.25) is 0 Å². The van der Waals surface area contributed by atoms with Gasteiger partial charge in [-0.1, -0.05) is 54.6 Å². The van der Waals surface area contributed by atoms with Crippen molar-refractivity contribution in [1.29, 1.82) is 0 Å². The Bertz CT molecular complexity index is 890. The molecule has 0 fully saturated rings. The Morgan fingerprint density at radius 3 is 1.58 bits per heavy atom. The Kier molecular flexibility index (Phi) is 4.52. The minimum atomic E-state index is -4.75. The highest BCUT2D eigenvalue weighted by Crippen LogP contribution is 2.41. The summed E-state index contributed by atoms with van der Waals surface area (Å²) >= 11 is 0. The summed E-state index contributed by atoms with van der Waals surface area (Å²) in [4.78, 5) is 0. The van der Waals surface area contributed by atoms with Crippen molar-refractivity contribution in [2.75, 3.05) is 0 Å². The molecule has 0 saturated heterocycles.